The summed E-state index contributed by atoms with van der Waals surface area (Å²) in [6.45, 7) is 12.4. The standard InChI is InChI=1S/C22H44N4O2/c1-19(2)20-7-9-21(10-8-20)25-12-14-26(15-13-25)22(23-3)24-11-5-6-16-28-18-17-27-4/h19-21H,5-18H2,1-4H3,(H,23,24). The molecule has 6 nitrogen and oxygen atoms in total. The van der Waals surface area contributed by atoms with E-state index in [0.717, 1.165) is 62.9 Å². The molecule has 6 heteroatoms. The van der Waals surface area contributed by atoms with Crippen molar-refractivity contribution >= 4 is 5.96 Å². The molecule has 1 saturated carbocycles. The van der Waals surface area contributed by atoms with Crippen molar-refractivity contribution < 1.29 is 9.47 Å². The van der Waals surface area contributed by atoms with Crippen LogP contribution in [0.2, 0.25) is 0 Å². The first-order valence-corrected chi connectivity index (χ1v) is 11.4. The first kappa shape index (κ1) is 23.4. The van der Waals surface area contributed by atoms with E-state index in [0.29, 0.717) is 13.2 Å². The van der Waals surface area contributed by atoms with Crippen molar-refractivity contribution in [2.75, 3.05) is 66.7 Å². The number of hydrogen-bond donors (Lipinski definition) is 1. The Morgan fingerprint density at radius 3 is 2.32 bits per heavy atom. The van der Waals surface area contributed by atoms with Gasteiger partial charge in [-0.1, -0.05) is 13.8 Å². The summed E-state index contributed by atoms with van der Waals surface area (Å²) in [5.74, 6) is 2.86. The van der Waals surface area contributed by atoms with Gasteiger partial charge in [0.2, 0.25) is 0 Å². The second-order valence-corrected chi connectivity index (χ2v) is 8.62. The third-order valence-corrected chi connectivity index (χ3v) is 6.46. The molecule has 0 spiro atoms. The van der Waals surface area contributed by atoms with E-state index < -0.39 is 0 Å². The van der Waals surface area contributed by atoms with E-state index in [1.807, 2.05) is 7.05 Å². The first-order valence-electron chi connectivity index (χ1n) is 11.4. The largest absolute Gasteiger partial charge is 0.382 e. The van der Waals surface area contributed by atoms with E-state index in [9.17, 15) is 0 Å². The van der Waals surface area contributed by atoms with Crippen LogP contribution in [0.15, 0.2) is 4.99 Å². The average Bonchev–Trinajstić information content (AvgIpc) is 2.73. The van der Waals surface area contributed by atoms with Gasteiger partial charge in [0.25, 0.3) is 0 Å². The maximum Gasteiger partial charge on any atom is 0.193 e. The lowest BCUT2D eigenvalue weighted by molar-refractivity contribution is 0.0688. The smallest absolute Gasteiger partial charge is 0.193 e. The summed E-state index contributed by atoms with van der Waals surface area (Å²) < 4.78 is 10.5. The lowest BCUT2D eigenvalue weighted by Gasteiger charge is -2.43. The Balaban J connectivity index is 1.59. The van der Waals surface area contributed by atoms with Crippen molar-refractivity contribution in [3.8, 4) is 0 Å². The van der Waals surface area contributed by atoms with Crippen LogP contribution in [0.1, 0.15) is 52.4 Å². The van der Waals surface area contributed by atoms with Gasteiger partial charge in [-0.3, -0.25) is 9.89 Å². The van der Waals surface area contributed by atoms with Gasteiger partial charge >= 0.3 is 0 Å². The molecule has 1 aliphatic heterocycles. The quantitative estimate of drug-likeness (QED) is 0.350. The van der Waals surface area contributed by atoms with Crippen LogP contribution in [0.3, 0.4) is 0 Å². The summed E-state index contributed by atoms with van der Waals surface area (Å²) in [6.07, 6.45) is 7.79. The molecule has 0 aromatic carbocycles. The fraction of sp³-hybridized carbons (Fsp3) is 0.955. The average molecular weight is 397 g/mol. The zero-order valence-electron chi connectivity index (χ0n) is 18.8. The number of rotatable bonds is 10. The van der Waals surface area contributed by atoms with Crippen molar-refractivity contribution in [2.45, 2.75) is 58.4 Å². The number of ether oxygens (including phenoxy) is 2. The molecule has 0 aromatic heterocycles. The molecule has 0 radical (unpaired) electrons. The van der Waals surface area contributed by atoms with Gasteiger partial charge in [-0.05, 0) is 50.4 Å². The van der Waals surface area contributed by atoms with Gasteiger partial charge in [0.1, 0.15) is 0 Å². The van der Waals surface area contributed by atoms with E-state index in [-0.39, 0.29) is 0 Å². The van der Waals surface area contributed by atoms with Crippen molar-refractivity contribution in [2.24, 2.45) is 16.8 Å². The van der Waals surface area contributed by atoms with Gasteiger partial charge in [-0.2, -0.15) is 0 Å². The number of aliphatic imine (C=N–C) groups is 1. The van der Waals surface area contributed by atoms with Gasteiger partial charge in [0, 0.05) is 59.5 Å². The van der Waals surface area contributed by atoms with Crippen molar-refractivity contribution in [1.29, 1.82) is 0 Å². The Kier molecular flexibility index (Phi) is 11.2. The van der Waals surface area contributed by atoms with E-state index in [1.165, 1.54) is 38.8 Å². The van der Waals surface area contributed by atoms with Crippen molar-refractivity contribution in [1.82, 2.24) is 15.1 Å². The minimum Gasteiger partial charge on any atom is -0.382 e. The predicted molar refractivity (Wildman–Crippen MR) is 117 cm³/mol. The molecule has 28 heavy (non-hydrogen) atoms. The molecular weight excluding hydrogens is 352 g/mol. The number of hydrogen-bond acceptors (Lipinski definition) is 4. The monoisotopic (exact) mass is 396 g/mol. The summed E-state index contributed by atoms with van der Waals surface area (Å²) in [5.41, 5.74) is 0. The number of nitrogens with one attached hydrogen (secondary N) is 1. The molecule has 1 N–H and O–H groups in total. The lowest BCUT2D eigenvalue weighted by Crippen LogP contribution is -2.55. The minimum atomic E-state index is 0.677. The molecule has 0 unspecified atom stereocenters. The zero-order valence-corrected chi connectivity index (χ0v) is 18.8. The SMILES string of the molecule is CN=C(NCCCCOCCOC)N1CCN(C2CCC(C(C)C)CC2)CC1. The van der Waals surface area contributed by atoms with Gasteiger partial charge < -0.3 is 19.7 Å². The van der Waals surface area contributed by atoms with Crippen molar-refractivity contribution in [3.63, 3.8) is 0 Å². The first-order chi connectivity index (χ1) is 13.7. The van der Waals surface area contributed by atoms with Gasteiger partial charge in [-0.25, -0.2) is 0 Å². The van der Waals surface area contributed by atoms with E-state index in [2.05, 4.69) is 34.0 Å². The van der Waals surface area contributed by atoms with Crippen LogP contribution in [0.25, 0.3) is 0 Å². The molecule has 164 valence electrons. The third kappa shape index (κ3) is 7.88. The number of unbranched alkanes of at least 4 members (excludes halogenated alkanes) is 1. The fourth-order valence-electron chi connectivity index (χ4n) is 4.54. The Labute approximate surface area is 173 Å². The van der Waals surface area contributed by atoms with E-state index >= 15 is 0 Å². The number of piperazine rings is 1. The van der Waals surface area contributed by atoms with Gasteiger partial charge in [-0.15, -0.1) is 0 Å². The van der Waals surface area contributed by atoms with Crippen LogP contribution in [-0.4, -0.2) is 88.5 Å². The predicted octanol–water partition coefficient (Wildman–Crippen LogP) is 2.84. The molecule has 1 heterocycles. The molecule has 0 amide bonds. The van der Waals surface area contributed by atoms with Gasteiger partial charge in [0.15, 0.2) is 5.96 Å². The summed E-state index contributed by atoms with van der Waals surface area (Å²) in [4.78, 5) is 9.66. The van der Waals surface area contributed by atoms with Crippen LogP contribution < -0.4 is 5.32 Å². The summed E-state index contributed by atoms with van der Waals surface area (Å²) in [7, 11) is 3.60. The second kappa shape index (κ2) is 13.4. The Morgan fingerprint density at radius 1 is 1.00 bits per heavy atom. The maximum atomic E-state index is 5.51. The lowest BCUT2D eigenvalue weighted by atomic mass is 9.79. The Hall–Kier alpha value is -0.850. The molecular formula is C22H44N4O2. The van der Waals surface area contributed by atoms with Crippen LogP contribution in [0.5, 0.6) is 0 Å². The molecule has 0 aromatic rings. The van der Waals surface area contributed by atoms with Crippen LogP contribution >= 0.6 is 0 Å². The minimum absolute atomic E-state index is 0.677. The fourth-order valence-corrected chi connectivity index (χ4v) is 4.54. The van der Waals surface area contributed by atoms with Crippen molar-refractivity contribution in [3.05, 3.63) is 0 Å². The number of methoxy groups -OCH3 is 1. The van der Waals surface area contributed by atoms with Crippen LogP contribution in [-0.2, 0) is 9.47 Å². The highest BCUT2D eigenvalue weighted by molar-refractivity contribution is 5.79. The third-order valence-electron chi connectivity index (χ3n) is 6.46. The zero-order chi connectivity index (χ0) is 20.2. The number of nitrogens with zero attached hydrogens (tertiary/aromatic N) is 3. The molecule has 0 atom stereocenters. The van der Waals surface area contributed by atoms with Gasteiger partial charge in [0.05, 0.1) is 13.2 Å². The highest BCUT2D eigenvalue weighted by atomic mass is 16.5. The Morgan fingerprint density at radius 2 is 1.71 bits per heavy atom. The molecule has 1 aliphatic carbocycles. The maximum absolute atomic E-state index is 5.51. The van der Waals surface area contributed by atoms with Crippen LogP contribution in [0, 0.1) is 11.8 Å². The van der Waals surface area contributed by atoms with E-state index in [4.69, 9.17) is 9.47 Å². The summed E-state index contributed by atoms with van der Waals surface area (Å²) >= 11 is 0. The molecule has 0 bridgehead atoms. The van der Waals surface area contributed by atoms with Crippen LogP contribution in [0.4, 0.5) is 0 Å². The normalized spacial score (nSPS) is 24.8. The summed E-state index contributed by atoms with van der Waals surface area (Å²) in [6, 6.07) is 0.810. The molecule has 2 rings (SSSR count). The molecule has 2 fully saturated rings. The number of guanidine groups is 1. The second-order valence-electron chi connectivity index (χ2n) is 8.62. The molecule has 1 saturated heterocycles. The Bertz CT molecular complexity index is 428. The molecule has 2 aliphatic rings. The highest BCUT2D eigenvalue weighted by Gasteiger charge is 2.29. The summed E-state index contributed by atoms with van der Waals surface area (Å²) in [5, 5.41) is 3.53. The highest BCUT2D eigenvalue weighted by Crippen LogP contribution is 2.32. The van der Waals surface area contributed by atoms with E-state index in [1.54, 1.807) is 7.11 Å². The topological polar surface area (TPSA) is 49.3 Å².